The van der Waals surface area contributed by atoms with Gasteiger partial charge in [0.15, 0.2) is 0 Å². The highest BCUT2D eigenvalue weighted by atomic mass is 16.5. The summed E-state index contributed by atoms with van der Waals surface area (Å²) in [5, 5.41) is 0. The number of hydrogen-bond donors (Lipinski definition) is 0. The second-order valence-electron chi connectivity index (χ2n) is 2.95. The summed E-state index contributed by atoms with van der Waals surface area (Å²) in [4.78, 5) is 11.3. The molecule has 0 aliphatic carbocycles. The van der Waals surface area contributed by atoms with Gasteiger partial charge >= 0.3 is 5.97 Å². The topological polar surface area (TPSA) is 26.3 Å². The molecule has 0 unspecified atom stereocenters. The van der Waals surface area contributed by atoms with Crippen molar-refractivity contribution >= 4 is 5.97 Å². The zero-order chi connectivity index (χ0) is 9.84. The van der Waals surface area contributed by atoms with Gasteiger partial charge in [0.1, 0.15) is 0 Å². The average molecular weight is 178 g/mol. The minimum Gasteiger partial charge on any atom is -0.465 e. The Hall–Kier alpha value is -1.31. The highest BCUT2D eigenvalue weighted by molar-refractivity contribution is 5.91. The molecule has 0 aliphatic heterocycles. The van der Waals surface area contributed by atoms with Crippen molar-refractivity contribution in [2.45, 2.75) is 20.3 Å². The van der Waals surface area contributed by atoms with Crippen LogP contribution in [0.4, 0.5) is 0 Å². The van der Waals surface area contributed by atoms with Gasteiger partial charge in [0, 0.05) is 0 Å². The van der Waals surface area contributed by atoms with Crippen molar-refractivity contribution in [3.05, 3.63) is 34.9 Å². The van der Waals surface area contributed by atoms with Crippen molar-refractivity contribution in [1.29, 1.82) is 0 Å². The number of esters is 1. The van der Waals surface area contributed by atoms with E-state index in [2.05, 4.69) is 0 Å². The van der Waals surface area contributed by atoms with Crippen molar-refractivity contribution in [3.8, 4) is 0 Å². The molecule has 0 radical (unpaired) electrons. The van der Waals surface area contributed by atoms with Crippen LogP contribution in [0.15, 0.2) is 18.2 Å². The van der Waals surface area contributed by atoms with Crippen LogP contribution in [0.5, 0.6) is 0 Å². The van der Waals surface area contributed by atoms with E-state index in [0.717, 1.165) is 17.5 Å². The van der Waals surface area contributed by atoms with Crippen LogP contribution in [-0.4, -0.2) is 13.1 Å². The Morgan fingerprint density at radius 3 is 2.69 bits per heavy atom. The van der Waals surface area contributed by atoms with Gasteiger partial charge < -0.3 is 4.74 Å². The van der Waals surface area contributed by atoms with E-state index < -0.39 is 0 Å². The molecule has 13 heavy (non-hydrogen) atoms. The molecule has 0 amide bonds. The van der Waals surface area contributed by atoms with Crippen LogP contribution in [0, 0.1) is 6.92 Å². The molecule has 0 aromatic heterocycles. The van der Waals surface area contributed by atoms with Crippen molar-refractivity contribution < 1.29 is 9.53 Å². The molecule has 2 heteroatoms. The Morgan fingerprint density at radius 2 is 2.15 bits per heavy atom. The predicted octanol–water partition coefficient (Wildman–Crippen LogP) is 2.34. The summed E-state index contributed by atoms with van der Waals surface area (Å²) < 4.78 is 4.69. The molecular weight excluding hydrogens is 164 g/mol. The quantitative estimate of drug-likeness (QED) is 0.650. The Bertz CT molecular complexity index is 316. The van der Waals surface area contributed by atoms with E-state index in [1.165, 1.54) is 7.11 Å². The van der Waals surface area contributed by atoms with E-state index in [-0.39, 0.29) is 5.97 Å². The third kappa shape index (κ3) is 1.89. The monoisotopic (exact) mass is 178 g/mol. The highest BCUT2D eigenvalue weighted by Gasteiger charge is 2.11. The molecule has 70 valence electrons. The van der Waals surface area contributed by atoms with E-state index in [9.17, 15) is 4.79 Å². The molecule has 2 nitrogen and oxygen atoms in total. The zero-order valence-corrected chi connectivity index (χ0v) is 8.26. The summed E-state index contributed by atoms with van der Waals surface area (Å²) in [5.74, 6) is -0.249. The Balaban J connectivity index is 3.20. The van der Waals surface area contributed by atoms with Crippen molar-refractivity contribution in [1.82, 2.24) is 0 Å². The molecule has 0 aliphatic rings. The molecule has 0 heterocycles. The first-order chi connectivity index (χ1) is 6.20. The molecule has 1 rings (SSSR count). The van der Waals surface area contributed by atoms with Crippen LogP contribution in [0.2, 0.25) is 0 Å². The molecule has 0 fully saturated rings. The summed E-state index contributed by atoms with van der Waals surface area (Å²) in [5.41, 5.74) is 2.91. The smallest absolute Gasteiger partial charge is 0.338 e. The summed E-state index contributed by atoms with van der Waals surface area (Å²) in [6, 6.07) is 5.68. The van der Waals surface area contributed by atoms with Gasteiger partial charge in [-0.15, -0.1) is 0 Å². The fourth-order valence-electron chi connectivity index (χ4n) is 1.47. The number of hydrogen-bond acceptors (Lipinski definition) is 2. The van der Waals surface area contributed by atoms with Crippen LogP contribution in [0.3, 0.4) is 0 Å². The van der Waals surface area contributed by atoms with Crippen LogP contribution >= 0.6 is 0 Å². The number of carbonyl (C=O) groups excluding carboxylic acids is 1. The lowest BCUT2D eigenvalue weighted by molar-refractivity contribution is 0.0599. The number of methoxy groups -OCH3 is 1. The van der Waals surface area contributed by atoms with Crippen molar-refractivity contribution in [2.75, 3.05) is 7.11 Å². The van der Waals surface area contributed by atoms with Crippen LogP contribution in [-0.2, 0) is 11.2 Å². The summed E-state index contributed by atoms with van der Waals surface area (Å²) in [7, 11) is 1.41. The fourth-order valence-corrected chi connectivity index (χ4v) is 1.47. The molecular formula is C11H14O2. The van der Waals surface area contributed by atoms with Crippen LogP contribution < -0.4 is 0 Å². The minimum atomic E-state index is -0.249. The van der Waals surface area contributed by atoms with Crippen LogP contribution in [0.1, 0.15) is 28.4 Å². The third-order valence-corrected chi connectivity index (χ3v) is 2.17. The normalized spacial score (nSPS) is 9.77. The first kappa shape index (κ1) is 9.78. The van der Waals surface area contributed by atoms with Gasteiger partial charge in [-0.25, -0.2) is 4.79 Å². The molecule has 0 bridgehead atoms. The molecule has 0 saturated heterocycles. The van der Waals surface area contributed by atoms with E-state index >= 15 is 0 Å². The number of aryl methyl sites for hydroxylation is 1. The maximum absolute atomic E-state index is 11.3. The van der Waals surface area contributed by atoms with E-state index in [0.29, 0.717) is 5.56 Å². The first-order valence-electron chi connectivity index (χ1n) is 4.37. The molecule has 0 N–H and O–H groups in total. The average Bonchev–Trinajstić information content (AvgIpc) is 2.16. The van der Waals surface area contributed by atoms with Crippen molar-refractivity contribution in [3.63, 3.8) is 0 Å². The van der Waals surface area contributed by atoms with Gasteiger partial charge in [0.2, 0.25) is 0 Å². The lowest BCUT2D eigenvalue weighted by Gasteiger charge is -2.08. The maximum Gasteiger partial charge on any atom is 0.338 e. The Labute approximate surface area is 78.5 Å². The standard InChI is InChI=1S/C11H14O2/c1-4-9-8(2)6-5-7-10(9)11(12)13-3/h5-7H,4H2,1-3H3. The summed E-state index contributed by atoms with van der Waals surface area (Å²) in [6.07, 6.45) is 0.858. The third-order valence-electron chi connectivity index (χ3n) is 2.17. The Morgan fingerprint density at radius 1 is 1.46 bits per heavy atom. The van der Waals surface area contributed by atoms with Gasteiger partial charge in [0.25, 0.3) is 0 Å². The lowest BCUT2D eigenvalue weighted by atomic mass is 10.00. The van der Waals surface area contributed by atoms with Crippen molar-refractivity contribution in [2.24, 2.45) is 0 Å². The lowest BCUT2D eigenvalue weighted by Crippen LogP contribution is -2.06. The second kappa shape index (κ2) is 4.08. The highest BCUT2D eigenvalue weighted by Crippen LogP contribution is 2.15. The number of rotatable bonds is 2. The van der Waals surface area contributed by atoms with E-state index in [1.807, 2.05) is 26.0 Å². The molecule has 0 saturated carbocycles. The van der Waals surface area contributed by atoms with Gasteiger partial charge in [-0.3, -0.25) is 0 Å². The number of ether oxygens (including phenoxy) is 1. The van der Waals surface area contributed by atoms with E-state index in [4.69, 9.17) is 4.74 Å². The largest absolute Gasteiger partial charge is 0.465 e. The van der Waals surface area contributed by atoms with Gasteiger partial charge in [-0.2, -0.15) is 0 Å². The Kier molecular flexibility index (Phi) is 3.07. The van der Waals surface area contributed by atoms with Crippen LogP contribution in [0.25, 0.3) is 0 Å². The number of carbonyl (C=O) groups is 1. The van der Waals surface area contributed by atoms with Gasteiger partial charge in [0.05, 0.1) is 12.7 Å². The van der Waals surface area contributed by atoms with Gasteiger partial charge in [-0.1, -0.05) is 19.1 Å². The van der Waals surface area contributed by atoms with Gasteiger partial charge in [-0.05, 0) is 30.5 Å². The molecule has 1 aromatic carbocycles. The molecule has 1 aromatic rings. The summed E-state index contributed by atoms with van der Waals surface area (Å²) in [6.45, 7) is 4.04. The molecule has 0 atom stereocenters. The zero-order valence-electron chi connectivity index (χ0n) is 8.26. The number of benzene rings is 1. The maximum atomic E-state index is 11.3. The fraction of sp³-hybridized carbons (Fsp3) is 0.364. The summed E-state index contributed by atoms with van der Waals surface area (Å²) >= 11 is 0. The SMILES string of the molecule is CCc1c(C)cccc1C(=O)OC. The van der Waals surface area contributed by atoms with E-state index in [1.54, 1.807) is 6.07 Å². The molecule has 0 spiro atoms. The minimum absolute atomic E-state index is 0.249. The second-order valence-corrected chi connectivity index (χ2v) is 2.95. The first-order valence-corrected chi connectivity index (χ1v) is 4.37. The predicted molar refractivity (Wildman–Crippen MR) is 51.9 cm³/mol.